The zero-order chi connectivity index (χ0) is 9.95. The van der Waals surface area contributed by atoms with Gasteiger partial charge in [-0.1, -0.05) is 47.0 Å². The van der Waals surface area contributed by atoms with Crippen molar-refractivity contribution in [3.8, 4) is 0 Å². The van der Waals surface area contributed by atoms with Gasteiger partial charge in [0.25, 0.3) is 0 Å². The lowest BCUT2D eigenvalue weighted by molar-refractivity contribution is -0.0419. The minimum absolute atomic E-state index is 0.692. The molecule has 0 aromatic heterocycles. The summed E-state index contributed by atoms with van der Waals surface area (Å²) in [5.41, 5.74) is 1.53. The van der Waals surface area contributed by atoms with Crippen molar-refractivity contribution in [3.63, 3.8) is 0 Å². The maximum absolute atomic E-state index is 2.42. The highest BCUT2D eigenvalue weighted by Gasteiger charge is 2.48. The predicted octanol–water partition coefficient (Wildman–Crippen LogP) is 4.78. The molecule has 2 aliphatic rings. The maximum Gasteiger partial charge on any atom is -0.0287 e. The van der Waals surface area contributed by atoms with Gasteiger partial charge in [-0.05, 0) is 36.5 Å². The summed E-state index contributed by atoms with van der Waals surface area (Å²) in [5, 5.41) is 0. The second-order valence-electron chi connectivity index (χ2n) is 5.58. The van der Waals surface area contributed by atoms with Crippen molar-refractivity contribution in [1.29, 1.82) is 0 Å². The summed E-state index contributed by atoms with van der Waals surface area (Å²) in [6.45, 7) is 8.85. The average molecular weight is 182 g/mol. The molecule has 0 saturated heterocycles. The van der Waals surface area contributed by atoms with E-state index in [4.69, 9.17) is 0 Å². The van der Waals surface area contributed by atoms with Crippen LogP contribution in [-0.4, -0.2) is 0 Å². The summed E-state index contributed by atoms with van der Waals surface area (Å²) >= 11 is 0. The van der Waals surface area contributed by atoms with E-state index in [0.29, 0.717) is 5.41 Å². The van der Waals surface area contributed by atoms with E-state index in [1.807, 2.05) is 13.8 Å². The van der Waals surface area contributed by atoms with E-state index < -0.39 is 0 Å². The number of hydrogen-bond acceptors (Lipinski definition) is 0. The summed E-state index contributed by atoms with van der Waals surface area (Å²) < 4.78 is 0. The molecule has 0 bridgehead atoms. The standard InChI is InChI=1S/C11H20.C2H6/c1-10(2)8-11(9-10)6-4-3-5-7-11;1-2/h3-9H2,1-2H3;1-2H3. The number of hydrogen-bond donors (Lipinski definition) is 0. The normalized spacial score (nSPS) is 28.6. The van der Waals surface area contributed by atoms with Crippen LogP contribution in [0.2, 0.25) is 0 Å². The van der Waals surface area contributed by atoms with Gasteiger partial charge in [0.05, 0.1) is 0 Å². The fraction of sp³-hybridized carbons (Fsp3) is 1.00. The quantitative estimate of drug-likeness (QED) is 0.505. The van der Waals surface area contributed by atoms with Crippen molar-refractivity contribution in [2.75, 3.05) is 0 Å². The molecule has 0 N–H and O–H groups in total. The van der Waals surface area contributed by atoms with Crippen molar-refractivity contribution in [2.24, 2.45) is 10.8 Å². The molecule has 0 atom stereocenters. The minimum Gasteiger partial charge on any atom is -0.0683 e. The number of rotatable bonds is 0. The second kappa shape index (κ2) is 4.02. The molecule has 0 heteroatoms. The Morgan fingerprint density at radius 1 is 0.769 bits per heavy atom. The van der Waals surface area contributed by atoms with Crippen LogP contribution in [0.4, 0.5) is 0 Å². The first-order chi connectivity index (χ1) is 6.12. The van der Waals surface area contributed by atoms with Gasteiger partial charge in [-0.3, -0.25) is 0 Å². The third-order valence-corrected chi connectivity index (χ3v) is 3.62. The van der Waals surface area contributed by atoms with Crippen molar-refractivity contribution in [3.05, 3.63) is 0 Å². The van der Waals surface area contributed by atoms with Gasteiger partial charge in [0, 0.05) is 0 Å². The SMILES string of the molecule is CC.CC1(C)CC2(CCCCC2)C1. The van der Waals surface area contributed by atoms with Gasteiger partial charge < -0.3 is 0 Å². The molecular weight excluding hydrogens is 156 g/mol. The summed E-state index contributed by atoms with van der Waals surface area (Å²) in [6, 6.07) is 0. The zero-order valence-electron chi connectivity index (χ0n) is 9.95. The van der Waals surface area contributed by atoms with Crippen molar-refractivity contribution in [2.45, 2.75) is 72.6 Å². The van der Waals surface area contributed by atoms with Crippen LogP contribution in [0, 0.1) is 10.8 Å². The van der Waals surface area contributed by atoms with Crippen LogP contribution < -0.4 is 0 Å². The lowest BCUT2D eigenvalue weighted by Gasteiger charge is -2.55. The molecule has 0 nitrogen and oxygen atoms in total. The highest BCUT2D eigenvalue weighted by Crippen LogP contribution is 2.60. The lowest BCUT2D eigenvalue weighted by atomic mass is 9.50. The van der Waals surface area contributed by atoms with Gasteiger partial charge in [0.2, 0.25) is 0 Å². The van der Waals surface area contributed by atoms with Gasteiger partial charge >= 0.3 is 0 Å². The van der Waals surface area contributed by atoms with Crippen LogP contribution in [0.5, 0.6) is 0 Å². The van der Waals surface area contributed by atoms with Crippen LogP contribution in [0.3, 0.4) is 0 Å². The molecule has 78 valence electrons. The summed E-state index contributed by atoms with van der Waals surface area (Å²) in [6.07, 6.45) is 10.6. The van der Waals surface area contributed by atoms with Crippen LogP contribution in [0.1, 0.15) is 72.6 Å². The fourth-order valence-corrected chi connectivity index (χ4v) is 3.63. The van der Waals surface area contributed by atoms with E-state index in [2.05, 4.69) is 13.8 Å². The molecule has 2 fully saturated rings. The Bertz CT molecular complexity index is 139. The smallest absolute Gasteiger partial charge is 0.0287 e. The van der Waals surface area contributed by atoms with E-state index >= 15 is 0 Å². The summed E-state index contributed by atoms with van der Waals surface area (Å²) in [4.78, 5) is 0. The Morgan fingerprint density at radius 3 is 1.62 bits per heavy atom. The molecule has 0 unspecified atom stereocenters. The Balaban J connectivity index is 0.000000396. The molecule has 2 saturated carbocycles. The van der Waals surface area contributed by atoms with E-state index in [9.17, 15) is 0 Å². The zero-order valence-corrected chi connectivity index (χ0v) is 9.95. The molecular formula is C13H26. The van der Waals surface area contributed by atoms with Crippen molar-refractivity contribution >= 4 is 0 Å². The molecule has 13 heavy (non-hydrogen) atoms. The van der Waals surface area contributed by atoms with Crippen LogP contribution in [-0.2, 0) is 0 Å². The Morgan fingerprint density at radius 2 is 1.23 bits per heavy atom. The van der Waals surface area contributed by atoms with Gasteiger partial charge in [0.1, 0.15) is 0 Å². The van der Waals surface area contributed by atoms with Crippen LogP contribution in [0.25, 0.3) is 0 Å². The van der Waals surface area contributed by atoms with Gasteiger partial charge in [0.15, 0.2) is 0 Å². The third kappa shape index (κ3) is 2.48. The maximum atomic E-state index is 2.42. The lowest BCUT2D eigenvalue weighted by Crippen LogP contribution is -2.44. The van der Waals surface area contributed by atoms with Crippen LogP contribution >= 0.6 is 0 Å². The Labute approximate surface area is 84.1 Å². The third-order valence-electron chi connectivity index (χ3n) is 3.62. The second-order valence-corrected chi connectivity index (χ2v) is 5.58. The average Bonchev–Trinajstić information content (AvgIpc) is 2.06. The largest absolute Gasteiger partial charge is 0.0683 e. The topological polar surface area (TPSA) is 0 Å². The van der Waals surface area contributed by atoms with E-state index in [-0.39, 0.29) is 0 Å². The molecule has 2 rings (SSSR count). The van der Waals surface area contributed by atoms with Crippen LogP contribution in [0.15, 0.2) is 0 Å². The molecule has 0 aromatic rings. The first-order valence-electron chi connectivity index (χ1n) is 6.12. The molecule has 0 heterocycles. The van der Waals surface area contributed by atoms with Gasteiger partial charge in [-0.15, -0.1) is 0 Å². The minimum atomic E-state index is 0.692. The van der Waals surface area contributed by atoms with E-state index in [1.165, 1.54) is 44.9 Å². The van der Waals surface area contributed by atoms with E-state index in [0.717, 1.165) is 5.41 Å². The highest BCUT2D eigenvalue weighted by atomic mass is 14.5. The highest BCUT2D eigenvalue weighted by molar-refractivity contribution is 4.99. The first kappa shape index (κ1) is 11.1. The molecule has 0 amide bonds. The summed E-state index contributed by atoms with van der Waals surface area (Å²) in [5.74, 6) is 0. The first-order valence-corrected chi connectivity index (χ1v) is 6.12. The van der Waals surface area contributed by atoms with Gasteiger partial charge in [-0.2, -0.15) is 0 Å². The monoisotopic (exact) mass is 182 g/mol. The molecule has 2 aliphatic carbocycles. The van der Waals surface area contributed by atoms with Crippen molar-refractivity contribution in [1.82, 2.24) is 0 Å². The molecule has 0 aliphatic heterocycles. The fourth-order valence-electron chi connectivity index (χ4n) is 3.63. The predicted molar refractivity (Wildman–Crippen MR) is 59.9 cm³/mol. The Kier molecular flexibility index (Phi) is 3.43. The molecule has 1 spiro atoms. The van der Waals surface area contributed by atoms with Crippen molar-refractivity contribution < 1.29 is 0 Å². The van der Waals surface area contributed by atoms with E-state index in [1.54, 1.807) is 0 Å². The molecule has 0 aromatic carbocycles. The Hall–Kier alpha value is 0. The summed E-state index contributed by atoms with van der Waals surface area (Å²) in [7, 11) is 0. The molecule has 0 radical (unpaired) electrons. The van der Waals surface area contributed by atoms with Gasteiger partial charge in [-0.25, -0.2) is 0 Å².